The SMILES string of the molecule is OCc1cnc(Br)c(I)c1C(F)F. The molecule has 0 aliphatic carbocycles. The van der Waals surface area contributed by atoms with Gasteiger partial charge in [-0.2, -0.15) is 0 Å². The normalized spacial score (nSPS) is 10.9. The van der Waals surface area contributed by atoms with Crippen molar-refractivity contribution in [3.8, 4) is 0 Å². The molecule has 0 fully saturated rings. The van der Waals surface area contributed by atoms with Crippen molar-refractivity contribution < 1.29 is 13.9 Å². The number of pyridine rings is 1. The van der Waals surface area contributed by atoms with Gasteiger partial charge in [0.05, 0.1) is 10.2 Å². The van der Waals surface area contributed by atoms with E-state index in [1.807, 2.05) is 0 Å². The van der Waals surface area contributed by atoms with Crippen LogP contribution in [0.25, 0.3) is 0 Å². The van der Waals surface area contributed by atoms with Gasteiger partial charge in [0, 0.05) is 17.3 Å². The maximum absolute atomic E-state index is 12.5. The molecule has 0 spiro atoms. The largest absolute Gasteiger partial charge is 0.392 e. The number of aliphatic hydroxyl groups is 1. The van der Waals surface area contributed by atoms with Crippen LogP contribution in [0.4, 0.5) is 8.78 Å². The number of aliphatic hydroxyl groups excluding tert-OH is 1. The summed E-state index contributed by atoms with van der Waals surface area (Å²) in [5, 5.41) is 8.79. The lowest BCUT2D eigenvalue weighted by Gasteiger charge is -2.09. The van der Waals surface area contributed by atoms with Crippen LogP contribution in [0.5, 0.6) is 0 Å². The van der Waals surface area contributed by atoms with Crippen molar-refractivity contribution in [3.63, 3.8) is 0 Å². The Kier molecular flexibility index (Phi) is 3.99. The first kappa shape index (κ1) is 11.3. The second-order valence-corrected chi connectivity index (χ2v) is 4.09. The maximum Gasteiger partial charge on any atom is 0.265 e. The Hall–Kier alpha value is 0.180. The van der Waals surface area contributed by atoms with Gasteiger partial charge in [0.1, 0.15) is 4.60 Å². The third-order valence-corrected chi connectivity index (χ3v) is 3.92. The summed E-state index contributed by atoms with van der Waals surface area (Å²) >= 11 is 4.81. The molecule has 1 aromatic rings. The first-order valence-corrected chi connectivity index (χ1v) is 5.17. The minimum atomic E-state index is -2.59. The number of alkyl halides is 2. The summed E-state index contributed by atoms with van der Waals surface area (Å²) in [4.78, 5) is 3.81. The van der Waals surface area contributed by atoms with Gasteiger partial charge in [-0.15, -0.1) is 0 Å². The molecule has 13 heavy (non-hydrogen) atoms. The van der Waals surface area contributed by atoms with Crippen LogP contribution in [0, 0.1) is 3.57 Å². The fourth-order valence-electron chi connectivity index (χ4n) is 0.875. The van der Waals surface area contributed by atoms with Crippen molar-refractivity contribution >= 4 is 38.5 Å². The molecule has 0 bridgehead atoms. The van der Waals surface area contributed by atoms with E-state index in [1.54, 1.807) is 22.6 Å². The molecule has 1 aromatic heterocycles. The van der Waals surface area contributed by atoms with Gasteiger partial charge in [-0.25, -0.2) is 13.8 Å². The number of halogens is 4. The molecule has 0 unspecified atom stereocenters. The van der Waals surface area contributed by atoms with Gasteiger partial charge in [-0.3, -0.25) is 0 Å². The summed E-state index contributed by atoms with van der Waals surface area (Å²) in [5.74, 6) is 0. The summed E-state index contributed by atoms with van der Waals surface area (Å²) in [7, 11) is 0. The zero-order valence-electron chi connectivity index (χ0n) is 6.27. The Morgan fingerprint density at radius 1 is 1.62 bits per heavy atom. The molecule has 72 valence electrons. The van der Waals surface area contributed by atoms with E-state index < -0.39 is 13.0 Å². The minimum absolute atomic E-state index is 0.148. The molecule has 0 saturated carbocycles. The second kappa shape index (κ2) is 4.61. The first-order chi connectivity index (χ1) is 6.07. The lowest BCUT2D eigenvalue weighted by molar-refractivity contribution is 0.146. The van der Waals surface area contributed by atoms with Crippen molar-refractivity contribution in [2.45, 2.75) is 13.0 Å². The molecule has 2 nitrogen and oxygen atoms in total. The molecular weight excluding hydrogens is 359 g/mol. The van der Waals surface area contributed by atoms with Gasteiger partial charge in [0.25, 0.3) is 6.43 Å². The highest BCUT2D eigenvalue weighted by atomic mass is 127. The lowest BCUT2D eigenvalue weighted by Crippen LogP contribution is -2.00. The highest BCUT2D eigenvalue weighted by molar-refractivity contribution is 14.1. The standard InChI is InChI=1S/C7H5BrF2INO/c8-6-5(11)4(7(9)10)3(2-13)1-12-6/h1,7,13H,2H2. The van der Waals surface area contributed by atoms with Crippen LogP contribution in [0.2, 0.25) is 0 Å². The second-order valence-electron chi connectivity index (χ2n) is 2.26. The predicted molar refractivity (Wildman–Crippen MR) is 55.5 cm³/mol. The van der Waals surface area contributed by atoms with Crippen LogP contribution in [-0.2, 0) is 6.61 Å². The van der Waals surface area contributed by atoms with Gasteiger partial charge in [0.2, 0.25) is 0 Å². The zero-order chi connectivity index (χ0) is 10.0. The van der Waals surface area contributed by atoms with E-state index >= 15 is 0 Å². The van der Waals surface area contributed by atoms with Gasteiger partial charge < -0.3 is 5.11 Å². The fourth-order valence-corrected chi connectivity index (χ4v) is 1.91. The van der Waals surface area contributed by atoms with Gasteiger partial charge in [-0.1, -0.05) is 0 Å². The van der Waals surface area contributed by atoms with Crippen LogP contribution in [0.3, 0.4) is 0 Å². The summed E-state index contributed by atoms with van der Waals surface area (Å²) in [6.07, 6.45) is -1.35. The minimum Gasteiger partial charge on any atom is -0.392 e. The van der Waals surface area contributed by atoms with Crippen LogP contribution in [-0.4, -0.2) is 10.1 Å². The summed E-state index contributed by atoms with van der Waals surface area (Å²) in [6, 6.07) is 0. The van der Waals surface area contributed by atoms with Crippen LogP contribution < -0.4 is 0 Å². The molecule has 1 rings (SSSR count). The topological polar surface area (TPSA) is 33.1 Å². The van der Waals surface area contributed by atoms with E-state index in [9.17, 15) is 8.78 Å². The van der Waals surface area contributed by atoms with Gasteiger partial charge in [-0.05, 0) is 38.5 Å². The van der Waals surface area contributed by atoms with Crippen molar-refractivity contribution in [1.82, 2.24) is 4.98 Å². The molecule has 0 amide bonds. The molecular formula is C7H5BrF2INO. The monoisotopic (exact) mass is 363 g/mol. The predicted octanol–water partition coefficient (Wildman–Crippen LogP) is 2.88. The average Bonchev–Trinajstić information content (AvgIpc) is 2.08. The molecule has 1 heterocycles. The highest BCUT2D eigenvalue weighted by Crippen LogP contribution is 2.31. The maximum atomic E-state index is 12.5. The van der Waals surface area contributed by atoms with Crippen molar-refractivity contribution in [2.75, 3.05) is 0 Å². The Bertz CT molecular complexity index is 322. The average molecular weight is 364 g/mol. The zero-order valence-corrected chi connectivity index (χ0v) is 10.0. The molecule has 0 aliphatic rings. The molecule has 0 atom stereocenters. The van der Waals surface area contributed by atoms with Crippen LogP contribution in [0.15, 0.2) is 10.8 Å². The fraction of sp³-hybridized carbons (Fsp3) is 0.286. The highest BCUT2D eigenvalue weighted by Gasteiger charge is 2.18. The van der Waals surface area contributed by atoms with E-state index in [-0.39, 0.29) is 11.1 Å². The number of rotatable bonds is 2. The Balaban J connectivity index is 3.32. The summed E-state index contributed by atoms with van der Waals surface area (Å²) in [6.45, 7) is -0.421. The third kappa shape index (κ3) is 2.35. The Morgan fingerprint density at radius 2 is 2.23 bits per heavy atom. The number of aromatic nitrogens is 1. The molecule has 0 radical (unpaired) electrons. The summed E-state index contributed by atoms with van der Waals surface area (Å²) in [5.41, 5.74) is 0.0209. The Labute approximate surface area is 95.6 Å². The molecule has 0 saturated heterocycles. The van der Waals surface area contributed by atoms with Crippen LogP contribution in [0.1, 0.15) is 17.6 Å². The molecule has 1 N–H and O–H groups in total. The van der Waals surface area contributed by atoms with Crippen molar-refractivity contribution in [1.29, 1.82) is 0 Å². The van der Waals surface area contributed by atoms with E-state index in [1.165, 1.54) is 6.20 Å². The number of hydrogen-bond donors (Lipinski definition) is 1. The van der Waals surface area contributed by atoms with E-state index in [0.29, 0.717) is 8.17 Å². The van der Waals surface area contributed by atoms with Crippen LogP contribution >= 0.6 is 38.5 Å². The lowest BCUT2D eigenvalue weighted by atomic mass is 10.1. The van der Waals surface area contributed by atoms with Gasteiger partial charge >= 0.3 is 0 Å². The van der Waals surface area contributed by atoms with E-state index in [0.717, 1.165) is 0 Å². The third-order valence-electron chi connectivity index (χ3n) is 1.49. The van der Waals surface area contributed by atoms with Crippen molar-refractivity contribution in [2.24, 2.45) is 0 Å². The molecule has 0 aliphatic heterocycles. The summed E-state index contributed by atoms with van der Waals surface area (Å²) < 4.78 is 25.7. The Morgan fingerprint density at radius 3 is 2.69 bits per heavy atom. The molecule has 0 aromatic carbocycles. The quantitative estimate of drug-likeness (QED) is 0.647. The smallest absolute Gasteiger partial charge is 0.265 e. The number of hydrogen-bond acceptors (Lipinski definition) is 2. The van der Waals surface area contributed by atoms with E-state index in [4.69, 9.17) is 5.11 Å². The van der Waals surface area contributed by atoms with E-state index in [2.05, 4.69) is 20.9 Å². The van der Waals surface area contributed by atoms with Gasteiger partial charge in [0.15, 0.2) is 0 Å². The molecule has 6 heteroatoms. The number of nitrogens with zero attached hydrogens (tertiary/aromatic N) is 1. The van der Waals surface area contributed by atoms with Crippen molar-refractivity contribution in [3.05, 3.63) is 25.5 Å². The first-order valence-electron chi connectivity index (χ1n) is 3.29.